The monoisotopic (exact) mass is 273 g/mol. The Morgan fingerprint density at radius 1 is 1.44 bits per heavy atom. The zero-order valence-corrected chi connectivity index (χ0v) is 10.1. The highest BCUT2D eigenvalue weighted by Crippen LogP contribution is 2.27. The van der Waals surface area contributed by atoms with Crippen LogP contribution in [0.2, 0.25) is 5.02 Å². The van der Waals surface area contributed by atoms with E-state index in [1.54, 1.807) is 24.3 Å². The average molecular weight is 274 g/mol. The minimum Gasteiger partial charge on any atom is -0.431 e. The lowest BCUT2D eigenvalue weighted by atomic mass is 10.3. The van der Waals surface area contributed by atoms with Crippen molar-refractivity contribution >= 4 is 39.8 Å². The van der Waals surface area contributed by atoms with Crippen molar-refractivity contribution in [2.24, 2.45) is 0 Å². The smallest absolute Gasteiger partial charge is 0.279 e. The fraction of sp³-hybridized carbons (Fsp3) is 0. The zero-order valence-electron chi connectivity index (χ0n) is 7.81. The molecule has 3 nitrogen and oxygen atoms in total. The Labute approximate surface area is 106 Å². The third-order valence-corrected chi connectivity index (χ3v) is 2.83. The van der Waals surface area contributed by atoms with Crippen molar-refractivity contribution < 1.29 is 9.53 Å². The summed E-state index contributed by atoms with van der Waals surface area (Å²) in [5.41, 5.74) is 0.184. The molecular formula is C10H5Cl2NO2S. The van der Waals surface area contributed by atoms with Crippen LogP contribution in [0.1, 0.15) is 10.5 Å². The molecule has 0 N–H and O–H groups in total. The average Bonchev–Trinajstić information content (AvgIpc) is 2.66. The van der Waals surface area contributed by atoms with E-state index in [1.165, 1.54) is 16.7 Å². The van der Waals surface area contributed by atoms with E-state index in [9.17, 15) is 4.79 Å². The summed E-state index contributed by atoms with van der Waals surface area (Å²) in [7, 11) is 0. The van der Waals surface area contributed by atoms with Crippen LogP contribution in [0.15, 0.2) is 29.6 Å². The van der Waals surface area contributed by atoms with Gasteiger partial charge in [0.1, 0.15) is 11.4 Å². The summed E-state index contributed by atoms with van der Waals surface area (Å²) in [6, 6.07) is 6.91. The first-order valence-electron chi connectivity index (χ1n) is 4.24. The van der Waals surface area contributed by atoms with Crippen molar-refractivity contribution in [1.82, 2.24) is 4.98 Å². The lowest BCUT2D eigenvalue weighted by molar-refractivity contribution is 0.107. The molecule has 0 aliphatic rings. The van der Waals surface area contributed by atoms with Gasteiger partial charge in [-0.05, 0) is 29.8 Å². The maximum Gasteiger partial charge on any atom is 0.279 e. The first kappa shape index (κ1) is 11.4. The summed E-state index contributed by atoms with van der Waals surface area (Å²) >= 11 is 12.3. The van der Waals surface area contributed by atoms with Crippen molar-refractivity contribution in [3.05, 3.63) is 40.4 Å². The Bertz CT molecular complexity index is 527. The van der Waals surface area contributed by atoms with E-state index in [0.717, 1.165) is 0 Å². The maximum absolute atomic E-state index is 10.8. The highest BCUT2D eigenvalue weighted by Gasteiger charge is 2.09. The minimum atomic E-state index is -0.600. The third-order valence-electron chi connectivity index (χ3n) is 1.69. The second-order valence-corrected chi connectivity index (χ2v) is 4.43. The normalized spacial score (nSPS) is 10.1. The van der Waals surface area contributed by atoms with E-state index >= 15 is 0 Å². The summed E-state index contributed by atoms with van der Waals surface area (Å²) < 4.78 is 5.40. The summed E-state index contributed by atoms with van der Waals surface area (Å²) in [5.74, 6) is 0.565. The van der Waals surface area contributed by atoms with Crippen LogP contribution in [0.5, 0.6) is 10.9 Å². The Morgan fingerprint density at radius 2 is 2.25 bits per heavy atom. The highest BCUT2D eigenvalue weighted by atomic mass is 35.5. The second kappa shape index (κ2) is 4.82. The van der Waals surface area contributed by atoms with Gasteiger partial charge in [-0.15, -0.1) is 0 Å². The quantitative estimate of drug-likeness (QED) is 0.795. The molecule has 0 unspecified atom stereocenters. The second-order valence-electron chi connectivity index (χ2n) is 2.83. The molecule has 1 aromatic carbocycles. The van der Waals surface area contributed by atoms with Gasteiger partial charge in [-0.3, -0.25) is 4.79 Å². The fourth-order valence-corrected chi connectivity index (χ4v) is 2.04. The number of hydrogen-bond donors (Lipinski definition) is 0. The van der Waals surface area contributed by atoms with E-state index in [2.05, 4.69) is 4.98 Å². The highest BCUT2D eigenvalue weighted by molar-refractivity contribution is 7.11. The summed E-state index contributed by atoms with van der Waals surface area (Å²) in [6.07, 6.45) is 0. The first-order chi connectivity index (χ1) is 7.65. The van der Waals surface area contributed by atoms with E-state index in [1.807, 2.05) is 0 Å². The van der Waals surface area contributed by atoms with Crippen LogP contribution < -0.4 is 4.74 Å². The number of thiazole rings is 1. The number of nitrogens with zero attached hydrogens (tertiary/aromatic N) is 1. The molecule has 0 bridgehead atoms. The molecule has 2 aromatic rings. The summed E-state index contributed by atoms with van der Waals surface area (Å²) in [4.78, 5) is 14.7. The molecule has 16 heavy (non-hydrogen) atoms. The molecule has 0 atom stereocenters. The molecule has 0 spiro atoms. The number of ether oxygens (including phenoxy) is 1. The van der Waals surface area contributed by atoms with Gasteiger partial charge >= 0.3 is 0 Å². The van der Waals surface area contributed by atoms with Gasteiger partial charge in [-0.1, -0.05) is 29.0 Å². The maximum atomic E-state index is 10.8. The van der Waals surface area contributed by atoms with Crippen molar-refractivity contribution in [1.29, 1.82) is 0 Å². The van der Waals surface area contributed by atoms with Gasteiger partial charge in [-0.25, -0.2) is 0 Å². The number of halogens is 2. The van der Waals surface area contributed by atoms with Crippen molar-refractivity contribution in [3.63, 3.8) is 0 Å². The molecular weight excluding hydrogens is 269 g/mol. The van der Waals surface area contributed by atoms with Crippen LogP contribution >= 0.6 is 34.5 Å². The van der Waals surface area contributed by atoms with Gasteiger partial charge in [0.2, 0.25) is 0 Å². The van der Waals surface area contributed by atoms with Crippen molar-refractivity contribution in [2.45, 2.75) is 0 Å². The molecule has 0 saturated carbocycles. The van der Waals surface area contributed by atoms with Crippen LogP contribution in [-0.4, -0.2) is 10.2 Å². The molecule has 0 aliphatic heterocycles. The topological polar surface area (TPSA) is 39.2 Å². The molecule has 2 rings (SSSR count). The molecule has 0 aliphatic carbocycles. The van der Waals surface area contributed by atoms with Crippen LogP contribution in [0.4, 0.5) is 0 Å². The molecule has 0 radical (unpaired) electrons. The van der Waals surface area contributed by atoms with E-state index in [0.29, 0.717) is 16.0 Å². The molecule has 0 fully saturated rings. The number of hydrogen-bond acceptors (Lipinski definition) is 4. The Kier molecular flexibility index (Phi) is 3.43. The molecule has 0 saturated heterocycles. The molecule has 82 valence electrons. The number of carbonyl (C=O) groups excluding carboxylic acids is 1. The number of carbonyl (C=O) groups is 1. The number of aromatic nitrogens is 1. The molecule has 1 aromatic heterocycles. The lowest BCUT2D eigenvalue weighted by Gasteiger charge is -2.00. The Hall–Kier alpha value is -1.10. The van der Waals surface area contributed by atoms with Gasteiger partial charge in [0.25, 0.3) is 10.4 Å². The van der Waals surface area contributed by atoms with Gasteiger partial charge in [0.05, 0.1) is 0 Å². The van der Waals surface area contributed by atoms with Crippen LogP contribution in [-0.2, 0) is 0 Å². The number of rotatable bonds is 3. The van der Waals surface area contributed by atoms with Crippen molar-refractivity contribution in [3.8, 4) is 10.9 Å². The van der Waals surface area contributed by atoms with Crippen molar-refractivity contribution in [2.75, 3.05) is 0 Å². The number of benzene rings is 1. The molecule has 0 amide bonds. The van der Waals surface area contributed by atoms with Gasteiger partial charge in [0.15, 0.2) is 0 Å². The van der Waals surface area contributed by atoms with Crippen LogP contribution in [0.3, 0.4) is 0 Å². The van der Waals surface area contributed by atoms with Gasteiger partial charge < -0.3 is 4.74 Å². The largest absolute Gasteiger partial charge is 0.431 e. The minimum absolute atomic E-state index is 0.184. The van der Waals surface area contributed by atoms with Gasteiger partial charge in [-0.2, -0.15) is 4.98 Å². The Morgan fingerprint density at radius 3 is 2.88 bits per heavy atom. The standard InChI is InChI=1S/C10H5Cl2NO2S/c11-6-2-1-3-7(4-6)15-10-13-8(5-16-10)9(12)14/h1-5H. The predicted molar refractivity (Wildman–Crippen MR) is 63.8 cm³/mol. The Balaban J connectivity index is 2.17. The summed E-state index contributed by atoms with van der Waals surface area (Å²) in [5, 5.41) is 1.86. The van der Waals surface area contributed by atoms with E-state index < -0.39 is 5.24 Å². The lowest BCUT2D eigenvalue weighted by Crippen LogP contribution is -1.89. The van der Waals surface area contributed by atoms with Crippen LogP contribution in [0, 0.1) is 0 Å². The van der Waals surface area contributed by atoms with E-state index in [-0.39, 0.29) is 5.69 Å². The molecule has 6 heteroatoms. The fourth-order valence-electron chi connectivity index (χ4n) is 1.03. The first-order valence-corrected chi connectivity index (χ1v) is 5.87. The summed E-state index contributed by atoms with van der Waals surface area (Å²) in [6.45, 7) is 0. The third kappa shape index (κ3) is 2.72. The van der Waals surface area contributed by atoms with Crippen LogP contribution in [0.25, 0.3) is 0 Å². The van der Waals surface area contributed by atoms with E-state index in [4.69, 9.17) is 27.9 Å². The zero-order chi connectivity index (χ0) is 11.5. The SMILES string of the molecule is O=C(Cl)c1csc(Oc2cccc(Cl)c2)n1. The molecule has 1 heterocycles. The van der Waals surface area contributed by atoms with Gasteiger partial charge in [0, 0.05) is 10.4 Å². The predicted octanol–water partition coefficient (Wildman–Crippen LogP) is 3.97.